The molecule has 0 radical (unpaired) electrons. The van der Waals surface area contributed by atoms with E-state index in [0.717, 1.165) is 18.5 Å². The smallest absolute Gasteiger partial charge is 0.0632 e. The second-order valence-corrected chi connectivity index (χ2v) is 2.17. The lowest BCUT2D eigenvalue weighted by atomic mass is 10.2. The largest absolute Gasteiger partial charge is 0.394 e. The van der Waals surface area contributed by atoms with Gasteiger partial charge in [0.1, 0.15) is 0 Å². The molecule has 0 bridgehead atoms. The van der Waals surface area contributed by atoms with E-state index in [1.54, 1.807) is 0 Å². The molecule has 1 rings (SSSR count). The molecule has 2 N–H and O–H groups in total. The third-order valence-corrected chi connectivity index (χ3v) is 1.42. The number of rotatable bonds is 1. The topological polar surface area (TPSA) is 32.3 Å². The van der Waals surface area contributed by atoms with Crippen LogP contribution in [0.5, 0.6) is 0 Å². The zero-order valence-electron chi connectivity index (χ0n) is 4.85. The molecule has 2 heteroatoms. The highest BCUT2D eigenvalue weighted by molar-refractivity contribution is 5.00. The second-order valence-electron chi connectivity index (χ2n) is 2.17. The van der Waals surface area contributed by atoms with Crippen LogP contribution in [-0.4, -0.2) is 17.8 Å². The van der Waals surface area contributed by atoms with Crippen LogP contribution in [-0.2, 0) is 0 Å². The van der Waals surface area contributed by atoms with E-state index in [1.165, 1.54) is 0 Å². The van der Waals surface area contributed by atoms with Crippen LogP contribution >= 0.6 is 0 Å². The van der Waals surface area contributed by atoms with Gasteiger partial charge in [-0.3, -0.25) is 0 Å². The highest BCUT2D eigenvalue weighted by atomic mass is 16.3. The third kappa shape index (κ3) is 1.01. The first-order valence-electron chi connectivity index (χ1n) is 2.88. The summed E-state index contributed by atoms with van der Waals surface area (Å²) >= 11 is 0. The van der Waals surface area contributed by atoms with Crippen molar-refractivity contribution in [2.24, 2.45) is 0 Å². The molecular weight excluding hydrogens is 102 g/mol. The van der Waals surface area contributed by atoms with Crippen molar-refractivity contribution >= 4 is 0 Å². The third-order valence-electron chi connectivity index (χ3n) is 1.42. The van der Waals surface area contributed by atoms with Crippen LogP contribution in [0, 0.1) is 0 Å². The van der Waals surface area contributed by atoms with Crippen LogP contribution < -0.4 is 5.32 Å². The first-order valence-corrected chi connectivity index (χ1v) is 2.88. The van der Waals surface area contributed by atoms with Crippen molar-refractivity contribution in [1.82, 2.24) is 5.32 Å². The molecule has 2 nitrogen and oxygen atoms in total. The number of aliphatic hydroxyl groups excluding tert-OH is 1. The molecule has 0 aromatic rings. The molecule has 0 saturated carbocycles. The fraction of sp³-hybridized carbons (Fsp3) is 0.667. The molecule has 1 fully saturated rings. The molecule has 0 aromatic carbocycles. The molecule has 1 unspecified atom stereocenters. The number of aliphatic hydroxyl groups is 1. The van der Waals surface area contributed by atoms with Gasteiger partial charge in [-0.05, 0) is 12.8 Å². The molecule has 0 aromatic heterocycles. The number of allylic oxidation sites excluding steroid dienone is 1. The van der Waals surface area contributed by atoms with Gasteiger partial charge in [-0.15, -0.1) is 0 Å². The first kappa shape index (κ1) is 5.63. The summed E-state index contributed by atoms with van der Waals surface area (Å²) in [5.41, 5.74) is 1.06. The standard InChI is InChI=1S/C6H11NO/c1-5-2-3-6(4-8)7-5/h6-8H,1-4H2. The second kappa shape index (κ2) is 2.18. The van der Waals surface area contributed by atoms with Crippen LogP contribution in [0.25, 0.3) is 0 Å². The fourth-order valence-corrected chi connectivity index (χ4v) is 0.918. The van der Waals surface area contributed by atoms with Crippen molar-refractivity contribution in [3.63, 3.8) is 0 Å². The molecule has 1 saturated heterocycles. The summed E-state index contributed by atoms with van der Waals surface area (Å²) < 4.78 is 0. The highest BCUT2D eigenvalue weighted by Crippen LogP contribution is 2.11. The summed E-state index contributed by atoms with van der Waals surface area (Å²) in [6.07, 6.45) is 2.06. The molecule has 46 valence electrons. The monoisotopic (exact) mass is 113 g/mol. The summed E-state index contributed by atoms with van der Waals surface area (Å²) in [5, 5.41) is 11.6. The van der Waals surface area contributed by atoms with Crippen molar-refractivity contribution < 1.29 is 5.11 Å². The van der Waals surface area contributed by atoms with Gasteiger partial charge in [0.05, 0.1) is 6.61 Å². The summed E-state index contributed by atoms with van der Waals surface area (Å²) in [6.45, 7) is 3.97. The maximum Gasteiger partial charge on any atom is 0.0632 e. The number of nitrogens with one attached hydrogen (secondary N) is 1. The zero-order chi connectivity index (χ0) is 5.98. The quantitative estimate of drug-likeness (QED) is 0.510. The van der Waals surface area contributed by atoms with Crippen LogP contribution in [0.2, 0.25) is 0 Å². The van der Waals surface area contributed by atoms with Gasteiger partial charge >= 0.3 is 0 Å². The average Bonchev–Trinajstić information content (AvgIpc) is 2.14. The van der Waals surface area contributed by atoms with Crippen LogP contribution in [0.4, 0.5) is 0 Å². The van der Waals surface area contributed by atoms with E-state index < -0.39 is 0 Å². The molecule has 1 heterocycles. The highest BCUT2D eigenvalue weighted by Gasteiger charge is 2.14. The van der Waals surface area contributed by atoms with Crippen LogP contribution in [0.3, 0.4) is 0 Å². The summed E-state index contributed by atoms with van der Waals surface area (Å²) in [4.78, 5) is 0. The van der Waals surface area contributed by atoms with E-state index in [2.05, 4.69) is 11.9 Å². The molecule has 0 aliphatic carbocycles. The van der Waals surface area contributed by atoms with Crippen molar-refractivity contribution in [3.05, 3.63) is 12.3 Å². The molecule has 1 aliphatic heterocycles. The number of hydrogen-bond donors (Lipinski definition) is 2. The Balaban J connectivity index is 2.32. The minimum absolute atomic E-state index is 0.235. The van der Waals surface area contributed by atoms with Gasteiger partial charge in [0.15, 0.2) is 0 Å². The van der Waals surface area contributed by atoms with E-state index in [9.17, 15) is 0 Å². The van der Waals surface area contributed by atoms with E-state index in [-0.39, 0.29) is 12.6 Å². The Morgan fingerprint density at radius 2 is 2.62 bits per heavy atom. The van der Waals surface area contributed by atoms with Gasteiger partial charge in [0.25, 0.3) is 0 Å². The predicted molar refractivity (Wildman–Crippen MR) is 32.4 cm³/mol. The first-order chi connectivity index (χ1) is 3.83. The Hall–Kier alpha value is -0.500. The lowest BCUT2D eigenvalue weighted by molar-refractivity contribution is 0.257. The Bertz CT molecular complexity index is 101. The normalized spacial score (nSPS) is 28.1. The molecule has 0 amide bonds. The van der Waals surface area contributed by atoms with Crippen LogP contribution in [0.1, 0.15) is 12.8 Å². The molecular formula is C6H11NO. The van der Waals surface area contributed by atoms with Gasteiger partial charge in [-0.2, -0.15) is 0 Å². The van der Waals surface area contributed by atoms with Crippen molar-refractivity contribution in [2.45, 2.75) is 18.9 Å². The summed E-state index contributed by atoms with van der Waals surface area (Å²) in [7, 11) is 0. The lowest BCUT2D eigenvalue weighted by Crippen LogP contribution is -2.23. The van der Waals surface area contributed by atoms with Crippen molar-refractivity contribution in [3.8, 4) is 0 Å². The van der Waals surface area contributed by atoms with E-state index in [1.807, 2.05) is 0 Å². The molecule has 1 atom stereocenters. The fourth-order valence-electron chi connectivity index (χ4n) is 0.918. The van der Waals surface area contributed by atoms with Gasteiger partial charge in [-0.1, -0.05) is 6.58 Å². The zero-order valence-corrected chi connectivity index (χ0v) is 4.85. The SMILES string of the molecule is C=C1CCC(CO)N1. The Labute approximate surface area is 49.2 Å². The van der Waals surface area contributed by atoms with Gasteiger partial charge in [-0.25, -0.2) is 0 Å². The van der Waals surface area contributed by atoms with Crippen molar-refractivity contribution in [2.75, 3.05) is 6.61 Å². The minimum Gasteiger partial charge on any atom is -0.394 e. The van der Waals surface area contributed by atoms with E-state index >= 15 is 0 Å². The Morgan fingerprint density at radius 1 is 1.88 bits per heavy atom. The van der Waals surface area contributed by atoms with Gasteiger partial charge < -0.3 is 10.4 Å². The molecule has 0 spiro atoms. The van der Waals surface area contributed by atoms with E-state index in [0.29, 0.717) is 0 Å². The predicted octanol–water partition coefficient (Wildman–Crippen LogP) is 0.244. The molecule has 1 aliphatic rings. The van der Waals surface area contributed by atoms with Crippen molar-refractivity contribution in [1.29, 1.82) is 0 Å². The van der Waals surface area contributed by atoms with Gasteiger partial charge in [0, 0.05) is 11.7 Å². The van der Waals surface area contributed by atoms with E-state index in [4.69, 9.17) is 5.11 Å². The number of hydrogen-bond acceptors (Lipinski definition) is 2. The maximum absolute atomic E-state index is 8.58. The minimum atomic E-state index is 0.235. The molecule has 8 heavy (non-hydrogen) atoms. The summed E-state index contributed by atoms with van der Waals surface area (Å²) in [5.74, 6) is 0. The summed E-state index contributed by atoms with van der Waals surface area (Å²) in [6, 6.07) is 0.280. The van der Waals surface area contributed by atoms with Gasteiger partial charge in [0.2, 0.25) is 0 Å². The Kier molecular flexibility index (Phi) is 1.53. The average molecular weight is 113 g/mol. The van der Waals surface area contributed by atoms with Crippen LogP contribution in [0.15, 0.2) is 12.3 Å². The lowest BCUT2D eigenvalue weighted by Gasteiger charge is -2.03. The Morgan fingerprint density at radius 3 is 2.88 bits per heavy atom. The maximum atomic E-state index is 8.58.